The summed E-state index contributed by atoms with van der Waals surface area (Å²) in [6, 6.07) is 3.75. The predicted octanol–water partition coefficient (Wildman–Crippen LogP) is 1.91. The Morgan fingerprint density at radius 3 is 2.65 bits per heavy atom. The molecule has 1 heterocycles. The molecule has 0 spiro atoms. The highest BCUT2D eigenvalue weighted by Crippen LogP contribution is 2.30. The Kier molecular flexibility index (Phi) is 5.54. The van der Waals surface area contributed by atoms with Gasteiger partial charge in [-0.1, -0.05) is 6.07 Å². The molecule has 2 atom stereocenters. The maximum Gasteiger partial charge on any atom is 0.243 e. The molecule has 114 valence electrons. The summed E-state index contributed by atoms with van der Waals surface area (Å²) in [5, 5.41) is 0. The average molecular weight is 323 g/mol. The molecule has 1 aliphatic heterocycles. The van der Waals surface area contributed by atoms with Crippen LogP contribution in [0, 0.1) is 18.7 Å². The molecule has 20 heavy (non-hydrogen) atoms. The Morgan fingerprint density at radius 1 is 1.45 bits per heavy atom. The molecule has 0 aromatic heterocycles. The molecule has 1 aromatic rings. The Hall–Kier alpha value is -0.690. The van der Waals surface area contributed by atoms with Gasteiger partial charge in [0.2, 0.25) is 10.0 Å². The zero-order valence-corrected chi connectivity index (χ0v) is 13.2. The molecule has 0 amide bonds. The lowest BCUT2D eigenvalue weighted by molar-refractivity contribution is 0.404. The van der Waals surface area contributed by atoms with Gasteiger partial charge in [0.15, 0.2) is 0 Å². The first-order chi connectivity index (χ1) is 8.86. The molecule has 1 saturated heterocycles. The highest BCUT2D eigenvalue weighted by Gasteiger charge is 2.37. The summed E-state index contributed by atoms with van der Waals surface area (Å²) in [5.41, 5.74) is 6.17. The number of nitrogens with two attached hydrogens (primary N) is 1. The molecule has 1 aliphatic rings. The topological polar surface area (TPSA) is 63.4 Å². The molecule has 2 unspecified atom stereocenters. The van der Waals surface area contributed by atoms with Crippen LogP contribution >= 0.6 is 12.4 Å². The molecular formula is C13H20ClFN2O2S. The van der Waals surface area contributed by atoms with E-state index in [0.29, 0.717) is 18.7 Å². The molecular weight excluding hydrogens is 303 g/mol. The number of hydrogen-bond donors (Lipinski definition) is 1. The van der Waals surface area contributed by atoms with Gasteiger partial charge in [-0.3, -0.25) is 0 Å². The van der Waals surface area contributed by atoms with Crippen LogP contribution in [0.4, 0.5) is 4.39 Å². The second-order valence-electron chi connectivity index (χ2n) is 5.17. The fourth-order valence-corrected chi connectivity index (χ4v) is 4.55. The molecule has 0 saturated carbocycles. The van der Waals surface area contributed by atoms with Gasteiger partial charge in [0.1, 0.15) is 5.82 Å². The minimum Gasteiger partial charge on any atom is -0.330 e. The van der Waals surface area contributed by atoms with Gasteiger partial charge in [-0.15, -0.1) is 12.4 Å². The fourth-order valence-electron chi connectivity index (χ4n) is 2.59. The molecule has 7 heteroatoms. The average Bonchev–Trinajstić information content (AvgIpc) is 2.74. The highest BCUT2D eigenvalue weighted by molar-refractivity contribution is 7.89. The lowest BCUT2D eigenvalue weighted by atomic mass is 10.1. The normalized spacial score (nSPS) is 23.6. The van der Waals surface area contributed by atoms with Crippen molar-refractivity contribution in [2.75, 3.05) is 13.1 Å². The molecule has 2 rings (SSSR count). The Bertz CT molecular complexity index is 580. The maximum absolute atomic E-state index is 13.3. The number of aryl methyl sites for hydroxylation is 1. The van der Waals surface area contributed by atoms with Crippen molar-refractivity contribution in [1.29, 1.82) is 0 Å². The molecule has 4 nitrogen and oxygen atoms in total. The van der Waals surface area contributed by atoms with Gasteiger partial charge < -0.3 is 5.73 Å². The summed E-state index contributed by atoms with van der Waals surface area (Å²) in [7, 11) is -3.65. The summed E-state index contributed by atoms with van der Waals surface area (Å²) in [6.07, 6.45) is 0.754. The quantitative estimate of drug-likeness (QED) is 0.924. The van der Waals surface area contributed by atoms with Crippen LogP contribution in [0.5, 0.6) is 0 Å². The van der Waals surface area contributed by atoms with Crippen LogP contribution in [-0.4, -0.2) is 31.9 Å². The summed E-state index contributed by atoms with van der Waals surface area (Å²) in [6.45, 7) is 4.42. The standard InChI is InChI=1S/C13H19FN2O2S.ClH/c1-9-3-4-12(14)6-13(9)19(17,18)16-8-11(7-15)5-10(16)2;/h3-4,6,10-11H,5,7-8,15H2,1-2H3;1H. The Morgan fingerprint density at radius 2 is 2.10 bits per heavy atom. The zero-order chi connectivity index (χ0) is 14.2. The Labute approximate surface area is 125 Å². The third kappa shape index (κ3) is 3.14. The van der Waals surface area contributed by atoms with E-state index in [9.17, 15) is 12.8 Å². The number of nitrogens with zero attached hydrogens (tertiary/aromatic N) is 1. The molecule has 1 aromatic carbocycles. The van der Waals surface area contributed by atoms with E-state index >= 15 is 0 Å². The van der Waals surface area contributed by atoms with Gasteiger partial charge in [-0.05, 0) is 50.4 Å². The van der Waals surface area contributed by atoms with Crippen molar-refractivity contribution in [1.82, 2.24) is 4.31 Å². The molecule has 1 fully saturated rings. The maximum atomic E-state index is 13.3. The fraction of sp³-hybridized carbons (Fsp3) is 0.538. The first kappa shape index (κ1) is 17.4. The van der Waals surface area contributed by atoms with E-state index in [4.69, 9.17) is 5.73 Å². The van der Waals surface area contributed by atoms with Crippen LogP contribution < -0.4 is 5.73 Å². The summed E-state index contributed by atoms with van der Waals surface area (Å²) in [4.78, 5) is 0.0528. The minimum atomic E-state index is -3.65. The molecule has 0 aliphatic carbocycles. The van der Waals surface area contributed by atoms with Crippen molar-refractivity contribution in [3.05, 3.63) is 29.6 Å². The van der Waals surface area contributed by atoms with Crippen molar-refractivity contribution in [3.63, 3.8) is 0 Å². The zero-order valence-electron chi connectivity index (χ0n) is 11.5. The van der Waals surface area contributed by atoms with Gasteiger partial charge in [-0.25, -0.2) is 12.8 Å². The summed E-state index contributed by atoms with van der Waals surface area (Å²) >= 11 is 0. The Balaban J connectivity index is 0.00000200. The van der Waals surface area contributed by atoms with Crippen molar-refractivity contribution < 1.29 is 12.8 Å². The number of hydrogen-bond acceptors (Lipinski definition) is 3. The minimum absolute atomic E-state index is 0. The summed E-state index contributed by atoms with van der Waals surface area (Å²) < 4.78 is 39.9. The number of sulfonamides is 1. The predicted molar refractivity (Wildman–Crippen MR) is 78.9 cm³/mol. The molecule has 0 bridgehead atoms. The van der Waals surface area contributed by atoms with E-state index in [1.54, 1.807) is 6.92 Å². The van der Waals surface area contributed by atoms with Crippen molar-refractivity contribution in [2.24, 2.45) is 11.7 Å². The van der Waals surface area contributed by atoms with Crippen LogP contribution in [-0.2, 0) is 10.0 Å². The van der Waals surface area contributed by atoms with Crippen LogP contribution in [0.25, 0.3) is 0 Å². The van der Waals surface area contributed by atoms with Crippen LogP contribution in [0.15, 0.2) is 23.1 Å². The number of halogens is 2. The third-order valence-electron chi connectivity index (χ3n) is 3.67. The van der Waals surface area contributed by atoms with Crippen LogP contribution in [0.3, 0.4) is 0 Å². The largest absolute Gasteiger partial charge is 0.330 e. The van der Waals surface area contributed by atoms with E-state index in [1.165, 1.54) is 16.4 Å². The third-order valence-corrected chi connectivity index (χ3v) is 5.80. The van der Waals surface area contributed by atoms with Crippen LogP contribution in [0.1, 0.15) is 18.9 Å². The van der Waals surface area contributed by atoms with Crippen molar-refractivity contribution in [3.8, 4) is 0 Å². The van der Waals surface area contributed by atoms with Crippen molar-refractivity contribution >= 4 is 22.4 Å². The second kappa shape index (κ2) is 6.39. The van der Waals surface area contributed by atoms with Gasteiger partial charge in [0.05, 0.1) is 4.90 Å². The monoisotopic (exact) mass is 322 g/mol. The van der Waals surface area contributed by atoms with Gasteiger partial charge in [0, 0.05) is 12.6 Å². The summed E-state index contributed by atoms with van der Waals surface area (Å²) in [5.74, 6) is -0.356. The van der Waals surface area contributed by atoms with Gasteiger partial charge in [-0.2, -0.15) is 4.31 Å². The van der Waals surface area contributed by atoms with E-state index < -0.39 is 15.8 Å². The van der Waals surface area contributed by atoms with E-state index in [2.05, 4.69) is 0 Å². The van der Waals surface area contributed by atoms with E-state index in [1.807, 2.05) is 6.92 Å². The van der Waals surface area contributed by atoms with Crippen molar-refractivity contribution in [2.45, 2.75) is 31.2 Å². The lowest BCUT2D eigenvalue weighted by Gasteiger charge is -2.22. The van der Waals surface area contributed by atoms with Gasteiger partial charge >= 0.3 is 0 Å². The van der Waals surface area contributed by atoms with E-state index in [-0.39, 0.29) is 29.3 Å². The number of rotatable bonds is 3. The SMILES string of the molecule is Cc1ccc(F)cc1S(=O)(=O)N1CC(CN)CC1C.Cl. The highest BCUT2D eigenvalue weighted by atomic mass is 35.5. The second-order valence-corrected chi connectivity index (χ2v) is 7.03. The van der Waals surface area contributed by atoms with Crippen LogP contribution in [0.2, 0.25) is 0 Å². The van der Waals surface area contributed by atoms with Gasteiger partial charge in [0.25, 0.3) is 0 Å². The first-order valence-corrected chi connectivity index (χ1v) is 7.78. The smallest absolute Gasteiger partial charge is 0.243 e. The first-order valence-electron chi connectivity index (χ1n) is 6.34. The molecule has 0 radical (unpaired) electrons. The number of benzene rings is 1. The lowest BCUT2D eigenvalue weighted by Crippen LogP contribution is -2.34. The van der Waals surface area contributed by atoms with E-state index in [0.717, 1.165) is 12.5 Å². The molecule has 2 N–H and O–H groups in total.